The predicted molar refractivity (Wildman–Crippen MR) is 111 cm³/mol. The second-order valence-corrected chi connectivity index (χ2v) is 10.2. The molecule has 4 rings (SSSR count). The highest BCUT2D eigenvalue weighted by Gasteiger charge is 2.31. The smallest absolute Gasteiger partial charge is 0.254 e. The standard InChI is InChI=1S/C20H23NOS3/c1-2-17-16-9-13-23-18(16)8-10-21(17)19(22)14-4-6-15(7-5-14)20-24-11-3-12-25-20/h4-7,9,13,17,20H,2-3,8,10-12H2,1H3. The van der Waals surface area contributed by atoms with Gasteiger partial charge < -0.3 is 4.90 Å². The summed E-state index contributed by atoms with van der Waals surface area (Å²) in [4.78, 5) is 16.6. The average molecular weight is 390 g/mol. The van der Waals surface area contributed by atoms with Crippen LogP contribution in [0.4, 0.5) is 0 Å². The van der Waals surface area contributed by atoms with Crippen LogP contribution in [0.1, 0.15) is 56.8 Å². The molecule has 0 bridgehead atoms. The first kappa shape index (κ1) is 17.5. The largest absolute Gasteiger partial charge is 0.331 e. The summed E-state index contributed by atoms with van der Waals surface area (Å²) in [5, 5.41) is 2.16. The van der Waals surface area contributed by atoms with E-state index in [0.29, 0.717) is 4.58 Å². The molecule has 1 aromatic carbocycles. The van der Waals surface area contributed by atoms with Crippen molar-refractivity contribution >= 4 is 40.8 Å². The lowest BCUT2D eigenvalue weighted by atomic mass is 9.96. The van der Waals surface area contributed by atoms with Gasteiger partial charge in [-0.1, -0.05) is 19.1 Å². The highest BCUT2D eigenvalue weighted by atomic mass is 32.2. The molecular weight excluding hydrogens is 366 g/mol. The van der Waals surface area contributed by atoms with Crippen molar-refractivity contribution < 1.29 is 4.79 Å². The van der Waals surface area contributed by atoms with E-state index in [-0.39, 0.29) is 11.9 Å². The molecule has 2 aliphatic heterocycles. The molecule has 1 unspecified atom stereocenters. The molecule has 0 N–H and O–H groups in total. The Morgan fingerprint density at radius 1 is 1.16 bits per heavy atom. The van der Waals surface area contributed by atoms with Gasteiger partial charge in [-0.25, -0.2) is 0 Å². The van der Waals surface area contributed by atoms with Gasteiger partial charge in [-0.2, -0.15) is 0 Å². The number of amides is 1. The fourth-order valence-corrected chi connectivity index (χ4v) is 7.53. The second-order valence-electron chi connectivity index (χ2n) is 6.52. The maximum absolute atomic E-state index is 13.1. The van der Waals surface area contributed by atoms with Crippen LogP contribution in [0.3, 0.4) is 0 Å². The van der Waals surface area contributed by atoms with E-state index in [0.717, 1.165) is 24.9 Å². The van der Waals surface area contributed by atoms with E-state index < -0.39 is 0 Å². The number of nitrogens with zero attached hydrogens (tertiary/aromatic N) is 1. The Hall–Kier alpha value is -0.910. The highest BCUT2D eigenvalue weighted by Crippen LogP contribution is 2.43. The number of hydrogen-bond donors (Lipinski definition) is 0. The van der Waals surface area contributed by atoms with Crippen LogP contribution in [0, 0.1) is 0 Å². The Morgan fingerprint density at radius 2 is 1.92 bits per heavy atom. The summed E-state index contributed by atoms with van der Waals surface area (Å²) in [5.41, 5.74) is 3.53. The monoisotopic (exact) mass is 389 g/mol. The third kappa shape index (κ3) is 3.51. The van der Waals surface area contributed by atoms with Gasteiger partial charge in [0.05, 0.1) is 10.6 Å². The third-order valence-electron chi connectivity index (χ3n) is 5.00. The molecule has 5 heteroatoms. The lowest BCUT2D eigenvalue weighted by Gasteiger charge is -2.35. The number of carbonyl (C=O) groups excluding carboxylic acids is 1. The van der Waals surface area contributed by atoms with Gasteiger partial charge in [-0.15, -0.1) is 34.9 Å². The van der Waals surface area contributed by atoms with Crippen LogP contribution in [0.25, 0.3) is 0 Å². The molecule has 1 saturated heterocycles. The summed E-state index contributed by atoms with van der Waals surface area (Å²) >= 11 is 5.88. The molecule has 3 heterocycles. The Labute approximate surface area is 162 Å². The maximum atomic E-state index is 13.1. The van der Waals surface area contributed by atoms with Crippen molar-refractivity contribution in [2.24, 2.45) is 0 Å². The molecule has 2 nitrogen and oxygen atoms in total. The minimum absolute atomic E-state index is 0.180. The van der Waals surface area contributed by atoms with Gasteiger partial charge in [0.15, 0.2) is 0 Å². The molecule has 25 heavy (non-hydrogen) atoms. The first-order chi connectivity index (χ1) is 12.3. The molecule has 0 aliphatic carbocycles. The SMILES string of the molecule is CCC1c2ccsc2CCN1C(=O)c1ccc(C2SCCCS2)cc1. The fourth-order valence-electron chi connectivity index (χ4n) is 3.71. The summed E-state index contributed by atoms with van der Waals surface area (Å²) in [6.45, 7) is 3.01. The molecule has 1 aromatic heterocycles. The number of carbonyl (C=O) groups is 1. The van der Waals surface area contributed by atoms with Crippen LogP contribution in [0.2, 0.25) is 0 Å². The van der Waals surface area contributed by atoms with E-state index in [1.165, 1.54) is 33.9 Å². The van der Waals surface area contributed by atoms with Crippen LogP contribution in [-0.2, 0) is 6.42 Å². The van der Waals surface area contributed by atoms with Crippen LogP contribution >= 0.6 is 34.9 Å². The quantitative estimate of drug-likeness (QED) is 0.665. The average Bonchev–Trinajstić information content (AvgIpc) is 3.16. The second kappa shape index (κ2) is 7.77. The Morgan fingerprint density at radius 3 is 2.64 bits per heavy atom. The molecule has 0 saturated carbocycles. The molecule has 1 fully saturated rings. The maximum Gasteiger partial charge on any atom is 0.254 e. The van der Waals surface area contributed by atoms with Crippen LogP contribution in [0.5, 0.6) is 0 Å². The van der Waals surface area contributed by atoms with Gasteiger partial charge in [-0.05, 0) is 65.5 Å². The third-order valence-corrected chi connectivity index (χ3v) is 9.01. The van der Waals surface area contributed by atoms with Gasteiger partial charge in [-0.3, -0.25) is 4.79 Å². The molecule has 0 spiro atoms. The number of thioether (sulfide) groups is 2. The van der Waals surface area contributed by atoms with Crippen molar-refractivity contribution in [3.05, 3.63) is 57.3 Å². The van der Waals surface area contributed by atoms with E-state index in [1.807, 2.05) is 47.0 Å². The van der Waals surface area contributed by atoms with Crippen molar-refractivity contribution in [3.8, 4) is 0 Å². The molecule has 0 radical (unpaired) electrons. The number of hydrogen-bond acceptors (Lipinski definition) is 4. The summed E-state index contributed by atoms with van der Waals surface area (Å²) < 4.78 is 0.532. The van der Waals surface area contributed by atoms with E-state index in [2.05, 4.69) is 35.4 Å². The topological polar surface area (TPSA) is 20.3 Å². The van der Waals surface area contributed by atoms with Crippen molar-refractivity contribution in [3.63, 3.8) is 0 Å². The Balaban J connectivity index is 1.52. The molecule has 2 aromatic rings. The number of thiophene rings is 1. The molecule has 1 atom stereocenters. The normalized spacial score (nSPS) is 21.2. The first-order valence-corrected chi connectivity index (χ1v) is 12.0. The Bertz CT molecular complexity index is 734. The molecule has 132 valence electrons. The van der Waals surface area contributed by atoms with Crippen molar-refractivity contribution in [1.82, 2.24) is 4.90 Å². The van der Waals surface area contributed by atoms with Crippen LogP contribution in [-0.4, -0.2) is 28.9 Å². The number of benzene rings is 1. The fraction of sp³-hybridized carbons (Fsp3) is 0.450. The minimum Gasteiger partial charge on any atom is -0.331 e. The zero-order valence-corrected chi connectivity index (χ0v) is 16.9. The zero-order valence-electron chi connectivity index (χ0n) is 14.4. The van der Waals surface area contributed by atoms with Crippen molar-refractivity contribution in [2.75, 3.05) is 18.1 Å². The minimum atomic E-state index is 0.180. The Kier molecular flexibility index (Phi) is 5.44. The zero-order chi connectivity index (χ0) is 17.2. The van der Waals surface area contributed by atoms with Crippen molar-refractivity contribution in [2.45, 2.75) is 36.8 Å². The van der Waals surface area contributed by atoms with E-state index in [1.54, 1.807) is 0 Å². The van der Waals surface area contributed by atoms with Crippen molar-refractivity contribution in [1.29, 1.82) is 0 Å². The van der Waals surface area contributed by atoms with Crippen LogP contribution in [0.15, 0.2) is 35.7 Å². The van der Waals surface area contributed by atoms with Gasteiger partial charge in [0, 0.05) is 17.0 Å². The molecule has 1 amide bonds. The number of rotatable bonds is 3. The van der Waals surface area contributed by atoms with Gasteiger partial charge >= 0.3 is 0 Å². The lowest BCUT2D eigenvalue weighted by molar-refractivity contribution is 0.0657. The molecular formula is C20H23NOS3. The number of fused-ring (bicyclic) bond motifs is 1. The predicted octanol–water partition coefficient (Wildman–Crippen LogP) is 5.77. The summed E-state index contributed by atoms with van der Waals surface area (Å²) in [6, 6.07) is 10.8. The summed E-state index contributed by atoms with van der Waals surface area (Å²) in [7, 11) is 0. The summed E-state index contributed by atoms with van der Waals surface area (Å²) in [5.74, 6) is 2.67. The van der Waals surface area contributed by atoms with Gasteiger partial charge in [0.2, 0.25) is 0 Å². The first-order valence-electron chi connectivity index (χ1n) is 8.98. The highest BCUT2D eigenvalue weighted by molar-refractivity contribution is 8.16. The molecule has 2 aliphatic rings. The van der Waals surface area contributed by atoms with Gasteiger partial charge in [0.1, 0.15) is 0 Å². The van der Waals surface area contributed by atoms with E-state index in [4.69, 9.17) is 0 Å². The van der Waals surface area contributed by atoms with E-state index >= 15 is 0 Å². The van der Waals surface area contributed by atoms with E-state index in [9.17, 15) is 4.79 Å². The summed E-state index contributed by atoms with van der Waals surface area (Å²) in [6.07, 6.45) is 3.27. The lowest BCUT2D eigenvalue weighted by Crippen LogP contribution is -2.39. The van der Waals surface area contributed by atoms with Crippen LogP contribution < -0.4 is 0 Å². The van der Waals surface area contributed by atoms with Gasteiger partial charge in [0.25, 0.3) is 5.91 Å².